The number of halogens is 1. The Morgan fingerprint density at radius 3 is 2.91 bits per heavy atom. The lowest BCUT2D eigenvalue weighted by molar-refractivity contribution is -0.131. The number of aromatic amines is 1. The van der Waals surface area contributed by atoms with Crippen LogP contribution in [0.1, 0.15) is 18.4 Å². The number of hydrogen-bond donors (Lipinski definition) is 1. The average molecular weight is 445 g/mol. The number of amides is 1. The van der Waals surface area contributed by atoms with E-state index in [1.165, 1.54) is 0 Å². The Balaban J connectivity index is 1.47. The van der Waals surface area contributed by atoms with E-state index in [1.807, 2.05) is 42.5 Å². The summed E-state index contributed by atoms with van der Waals surface area (Å²) in [5, 5.41) is 8.46. The van der Waals surface area contributed by atoms with Crippen molar-refractivity contribution in [3.05, 3.63) is 72.4 Å². The molecule has 0 aliphatic carbocycles. The van der Waals surface area contributed by atoms with E-state index >= 15 is 4.39 Å². The first-order chi connectivity index (χ1) is 16.2. The second-order valence-corrected chi connectivity index (χ2v) is 8.00. The van der Waals surface area contributed by atoms with Crippen molar-refractivity contribution in [2.45, 2.75) is 19.4 Å². The maximum atomic E-state index is 15.6. The van der Waals surface area contributed by atoms with Gasteiger partial charge in [0.05, 0.1) is 25.4 Å². The predicted molar refractivity (Wildman–Crippen MR) is 124 cm³/mol. The quantitative estimate of drug-likeness (QED) is 0.481. The third-order valence-electron chi connectivity index (χ3n) is 6.06. The van der Waals surface area contributed by atoms with Crippen molar-refractivity contribution >= 4 is 22.4 Å². The second kappa shape index (κ2) is 8.90. The summed E-state index contributed by atoms with van der Waals surface area (Å²) < 4.78 is 22.8. The molecule has 0 unspecified atom stereocenters. The molecule has 0 radical (unpaired) electrons. The molecule has 0 bridgehead atoms. The number of methoxy groups -OCH3 is 1. The third-order valence-corrected chi connectivity index (χ3v) is 6.06. The van der Waals surface area contributed by atoms with Crippen LogP contribution in [0.25, 0.3) is 27.6 Å². The molecule has 7 nitrogen and oxygen atoms in total. The number of para-hydroxylation sites is 1. The van der Waals surface area contributed by atoms with Crippen molar-refractivity contribution in [1.29, 1.82) is 0 Å². The molecule has 0 spiro atoms. The minimum atomic E-state index is -0.309. The van der Waals surface area contributed by atoms with E-state index in [1.54, 1.807) is 35.3 Å². The van der Waals surface area contributed by atoms with Crippen LogP contribution in [0.4, 0.5) is 4.39 Å². The lowest BCUT2D eigenvalue weighted by atomic mass is 9.93. The zero-order valence-electron chi connectivity index (χ0n) is 18.3. The number of carbonyl (C=O) groups is 1. The highest BCUT2D eigenvalue weighted by Crippen LogP contribution is 2.39. The molecule has 4 aromatic rings. The fourth-order valence-corrected chi connectivity index (χ4v) is 4.39. The molecule has 0 atom stereocenters. The van der Waals surface area contributed by atoms with Gasteiger partial charge in [-0.25, -0.2) is 4.39 Å². The summed E-state index contributed by atoms with van der Waals surface area (Å²) in [7, 11) is 1.63. The van der Waals surface area contributed by atoms with Gasteiger partial charge in [-0.2, -0.15) is 0 Å². The van der Waals surface area contributed by atoms with Gasteiger partial charge in [-0.3, -0.25) is 9.48 Å². The van der Waals surface area contributed by atoms with Crippen LogP contribution >= 0.6 is 0 Å². The summed E-state index contributed by atoms with van der Waals surface area (Å²) in [4.78, 5) is 17.6. The van der Waals surface area contributed by atoms with Gasteiger partial charge in [0.2, 0.25) is 5.91 Å². The Kier molecular flexibility index (Phi) is 5.64. The fourth-order valence-electron chi connectivity index (χ4n) is 4.39. The summed E-state index contributed by atoms with van der Waals surface area (Å²) >= 11 is 0. The normalized spacial score (nSPS) is 13.9. The molecule has 1 N–H and O–H groups in total. The van der Waals surface area contributed by atoms with Crippen LogP contribution in [-0.2, 0) is 11.3 Å². The van der Waals surface area contributed by atoms with Crippen LogP contribution in [0.15, 0.2) is 61.1 Å². The minimum absolute atomic E-state index is 0.0161. The Morgan fingerprint density at radius 1 is 1.21 bits per heavy atom. The van der Waals surface area contributed by atoms with Gasteiger partial charge in [0.15, 0.2) is 5.82 Å². The van der Waals surface area contributed by atoms with Gasteiger partial charge in [-0.15, -0.1) is 5.10 Å². The van der Waals surface area contributed by atoms with E-state index in [9.17, 15) is 4.79 Å². The largest absolute Gasteiger partial charge is 0.496 e. The van der Waals surface area contributed by atoms with Crippen LogP contribution in [0.5, 0.6) is 5.75 Å². The van der Waals surface area contributed by atoms with Gasteiger partial charge in [0.1, 0.15) is 5.75 Å². The number of benzene rings is 2. The number of carbonyl (C=O) groups excluding carboxylic acids is 1. The Morgan fingerprint density at radius 2 is 2.09 bits per heavy atom. The molecule has 0 saturated carbocycles. The molecule has 168 valence electrons. The number of aromatic nitrogens is 4. The molecule has 3 heterocycles. The molecular weight excluding hydrogens is 421 g/mol. The molecule has 0 fully saturated rings. The van der Waals surface area contributed by atoms with E-state index in [4.69, 9.17) is 4.74 Å². The first kappa shape index (κ1) is 20.9. The lowest BCUT2D eigenvalue weighted by Crippen LogP contribution is -2.36. The SMILES string of the molecule is COc1ccccc1-c1cc(C2=CCCN(C(=O)CCn3ccnn3)C2)c(F)c2[nH]ccc12. The van der Waals surface area contributed by atoms with Gasteiger partial charge in [0, 0.05) is 48.4 Å². The zero-order valence-corrected chi connectivity index (χ0v) is 18.3. The van der Waals surface area contributed by atoms with E-state index in [2.05, 4.69) is 15.3 Å². The van der Waals surface area contributed by atoms with E-state index in [-0.39, 0.29) is 11.7 Å². The standard InChI is InChI=1S/C25H24FN5O2/c1-33-22-7-3-2-6-18(22)21-15-20(24(26)25-19(21)8-10-27-25)17-5-4-12-30(16-17)23(32)9-13-31-14-11-28-29-31/h2-3,5-8,10-11,14-15,27H,4,9,12-13,16H2,1H3. The van der Waals surface area contributed by atoms with Crippen molar-refractivity contribution in [1.82, 2.24) is 24.9 Å². The Labute approximate surface area is 190 Å². The summed E-state index contributed by atoms with van der Waals surface area (Å²) in [5.74, 6) is 0.430. The maximum absolute atomic E-state index is 15.6. The number of aryl methyl sites for hydroxylation is 1. The molecule has 1 aliphatic heterocycles. The number of nitrogens with one attached hydrogen (secondary N) is 1. The highest BCUT2D eigenvalue weighted by molar-refractivity contribution is 5.99. The average Bonchev–Trinajstić information content (AvgIpc) is 3.56. The molecule has 1 amide bonds. The molecular formula is C25H24FN5O2. The van der Waals surface area contributed by atoms with Gasteiger partial charge < -0.3 is 14.6 Å². The highest BCUT2D eigenvalue weighted by atomic mass is 19.1. The van der Waals surface area contributed by atoms with Crippen LogP contribution in [0.2, 0.25) is 0 Å². The summed E-state index contributed by atoms with van der Waals surface area (Å²) in [5.41, 5.74) is 3.53. The Bertz CT molecular complexity index is 1330. The van der Waals surface area contributed by atoms with Gasteiger partial charge in [-0.1, -0.05) is 29.5 Å². The first-order valence-corrected chi connectivity index (χ1v) is 10.9. The van der Waals surface area contributed by atoms with Crippen LogP contribution in [-0.4, -0.2) is 51.0 Å². The van der Waals surface area contributed by atoms with Gasteiger partial charge in [-0.05, 0) is 35.8 Å². The number of nitrogens with zero attached hydrogens (tertiary/aromatic N) is 4. The van der Waals surface area contributed by atoms with Crippen LogP contribution < -0.4 is 4.74 Å². The number of fused-ring (bicyclic) bond motifs is 1. The van der Waals surface area contributed by atoms with Gasteiger partial charge in [0.25, 0.3) is 0 Å². The predicted octanol–water partition coefficient (Wildman–Crippen LogP) is 4.28. The summed E-state index contributed by atoms with van der Waals surface area (Å²) in [6.45, 7) is 1.45. The number of H-pyrrole nitrogens is 1. The monoisotopic (exact) mass is 445 g/mol. The van der Waals surface area contributed by atoms with E-state index in [0.29, 0.717) is 43.6 Å². The van der Waals surface area contributed by atoms with Crippen LogP contribution in [0, 0.1) is 5.82 Å². The summed E-state index contributed by atoms with van der Waals surface area (Å²) in [6, 6.07) is 11.5. The third kappa shape index (κ3) is 4.00. The van der Waals surface area contributed by atoms with Crippen molar-refractivity contribution in [3.63, 3.8) is 0 Å². The maximum Gasteiger partial charge on any atom is 0.224 e. The molecule has 2 aromatic carbocycles. The van der Waals surface area contributed by atoms with E-state index in [0.717, 1.165) is 27.8 Å². The minimum Gasteiger partial charge on any atom is -0.496 e. The smallest absolute Gasteiger partial charge is 0.224 e. The highest BCUT2D eigenvalue weighted by Gasteiger charge is 2.24. The van der Waals surface area contributed by atoms with Crippen molar-refractivity contribution in [3.8, 4) is 16.9 Å². The molecule has 5 rings (SSSR count). The second-order valence-electron chi connectivity index (χ2n) is 8.00. The van der Waals surface area contributed by atoms with Crippen LogP contribution in [0.3, 0.4) is 0 Å². The topological polar surface area (TPSA) is 76.0 Å². The Hall–Kier alpha value is -3.94. The zero-order chi connectivity index (χ0) is 22.8. The first-order valence-electron chi connectivity index (χ1n) is 10.9. The van der Waals surface area contributed by atoms with E-state index < -0.39 is 0 Å². The molecule has 8 heteroatoms. The van der Waals surface area contributed by atoms with Crippen molar-refractivity contribution in [2.75, 3.05) is 20.2 Å². The fraction of sp³-hybridized carbons (Fsp3) is 0.240. The molecule has 1 aliphatic rings. The molecule has 0 saturated heterocycles. The lowest BCUT2D eigenvalue weighted by Gasteiger charge is -2.28. The number of rotatable bonds is 6. The summed E-state index contributed by atoms with van der Waals surface area (Å²) in [6.07, 6.45) is 8.09. The van der Waals surface area contributed by atoms with Crippen molar-refractivity contribution in [2.24, 2.45) is 0 Å². The molecule has 2 aromatic heterocycles. The molecule has 33 heavy (non-hydrogen) atoms. The number of ether oxygens (including phenoxy) is 1. The number of hydrogen-bond acceptors (Lipinski definition) is 4. The van der Waals surface area contributed by atoms with Gasteiger partial charge >= 0.3 is 0 Å². The van der Waals surface area contributed by atoms with Crippen molar-refractivity contribution < 1.29 is 13.9 Å².